The number of carbonyl (C=O) groups excluding carboxylic acids is 1. The predicted octanol–water partition coefficient (Wildman–Crippen LogP) is 5.33. The highest BCUT2D eigenvalue weighted by atomic mass is 32.2. The van der Waals surface area contributed by atoms with Crippen LogP contribution < -0.4 is 5.32 Å². The molecule has 0 spiro atoms. The highest BCUT2D eigenvalue weighted by molar-refractivity contribution is 8.00. The first-order valence-corrected chi connectivity index (χ1v) is 10.8. The monoisotopic (exact) mass is 405 g/mol. The second-order valence-electron chi connectivity index (χ2n) is 6.36. The van der Waals surface area contributed by atoms with Crippen molar-refractivity contribution in [2.75, 3.05) is 5.75 Å². The lowest BCUT2D eigenvalue weighted by atomic mass is 10.1. The van der Waals surface area contributed by atoms with E-state index in [2.05, 4.69) is 33.5 Å². The zero-order chi connectivity index (χ0) is 19.3. The fourth-order valence-corrected chi connectivity index (χ4v) is 4.79. The number of rotatable bonds is 6. The molecule has 0 bridgehead atoms. The van der Waals surface area contributed by atoms with Gasteiger partial charge in [-0.2, -0.15) is 0 Å². The topological polar surface area (TPSA) is 54.9 Å². The molecule has 0 aliphatic rings. The summed E-state index contributed by atoms with van der Waals surface area (Å²) in [7, 11) is 0. The molecule has 0 aliphatic heterocycles. The Morgan fingerprint density at radius 2 is 1.79 bits per heavy atom. The van der Waals surface area contributed by atoms with Crippen molar-refractivity contribution in [3.05, 3.63) is 78.6 Å². The van der Waals surface area contributed by atoms with Gasteiger partial charge < -0.3 is 5.32 Å². The number of fused-ring (bicyclic) bond motifs is 1. The molecular formula is C22H19N3OS2. The number of nitrogens with one attached hydrogen (secondary N) is 1. The highest BCUT2D eigenvalue weighted by Gasteiger charge is 2.14. The molecule has 1 N–H and O–H groups in total. The number of carbonyl (C=O) groups is 1. The van der Waals surface area contributed by atoms with E-state index in [9.17, 15) is 4.79 Å². The van der Waals surface area contributed by atoms with Crippen LogP contribution >= 0.6 is 23.1 Å². The number of hydrogen-bond donors (Lipinski definition) is 1. The van der Waals surface area contributed by atoms with Crippen molar-refractivity contribution in [3.63, 3.8) is 0 Å². The maximum Gasteiger partial charge on any atom is 0.230 e. The van der Waals surface area contributed by atoms with Crippen molar-refractivity contribution in [1.82, 2.24) is 15.3 Å². The largest absolute Gasteiger partial charge is 0.349 e. The van der Waals surface area contributed by atoms with Crippen molar-refractivity contribution >= 4 is 39.2 Å². The Morgan fingerprint density at radius 1 is 1.07 bits per heavy atom. The number of hydrogen-bond acceptors (Lipinski definition) is 5. The van der Waals surface area contributed by atoms with Crippen molar-refractivity contribution in [2.24, 2.45) is 0 Å². The molecule has 1 unspecified atom stereocenters. The van der Waals surface area contributed by atoms with E-state index in [1.165, 1.54) is 11.8 Å². The summed E-state index contributed by atoms with van der Waals surface area (Å²) in [5.41, 5.74) is 2.26. The number of thioether (sulfide) groups is 1. The van der Waals surface area contributed by atoms with E-state index in [0.717, 1.165) is 31.2 Å². The standard InChI is InChI=1S/C22H19N3OS2/c1-15(16-8-4-2-5-9-16)25-20(26)13-27-21-18-12-19(17-10-6-3-7-11-17)28-22(18)24-14-23-21/h2-12,14-15H,13H2,1H3,(H,25,26). The number of thiophene rings is 1. The van der Waals surface area contributed by atoms with Gasteiger partial charge in [0.1, 0.15) is 16.2 Å². The van der Waals surface area contributed by atoms with Crippen LogP contribution in [-0.2, 0) is 4.79 Å². The fourth-order valence-electron chi connectivity index (χ4n) is 2.94. The summed E-state index contributed by atoms with van der Waals surface area (Å²) in [6.45, 7) is 1.99. The van der Waals surface area contributed by atoms with Gasteiger partial charge in [-0.1, -0.05) is 72.4 Å². The Labute approximate surface area is 172 Å². The van der Waals surface area contributed by atoms with Gasteiger partial charge in [-0.15, -0.1) is 11.3 Å². The van der Waals surface area contributed by atoms with Gasteiger partial charge in [-0.05, 0) is 24.1 Å². The number of nitrogens with zero attached hydrogens (tertiary/aromatic N) is 2. The molecule has 4 nitrogen and oxygen atoms in total. The number of benzene rings is 2. The van der Waals surface area contributed by atoms with E-state index >= 15 is 0 Å². The molecule has 2 heterocycles. The average molecular weight is 406 g/mol. The van der Waals surface area contributed by atoms with Crippen LogP contribution in [0.2, 0.25) is 0 Å². The van der Waals surface area contributed by atoms with Crippen LogP contribution in [0.15, 0.2) is 78.1 Å². The Kier molecular flexibility index (Phi) is 5.69. The Morgan fingerprint density at radius 3 is 2.54 bits per heavy atom. The molecule has 2 aromatic heterocycles. The molecule has 1 atom stereocenters. The van der Waals surface area contributed by atoms with Crippen LogP contribution in [-0.4, -0.2) is 21.6 Å². The maximum absolute atomic E-state index is 12.4. The van der Waals surface area contributed by atoms with E-state index in [0.29, 0.717) is 5.75 Å². The molecule has 2 aromatic carbocycles. The van der Waals surface area contributed by atoms with Gasteiger partial charge >= 0.3 is 0 Å². The quantitative estimate of drug-likeness (QED) is 0.348. The predicted molar refractivity (Wildman–Crippen MR) is 117 cm³/mol. The van der Waals surface area contributed by atoms with E-state index in [1.807, 2.05) is 55.5 Å². The van der Waals surface area contributed by atoms with Gasteiger partial charge in [0, 0.05) is 10.3 Å². The summed E-state index contributed by atoms with van der Waals surface area (Å²) in [6.07, 6.45) is 1.57. The van der Waals surface area contributed by atoms with Gasteiger partial charge in [0.05, 0.1) is 11.8 Å². The summed E-state index contributed by atoms with van der Waals surface area (Å²) in [6, 6.07) is 22.3. The van der Waals surface area contributed by atoms with E-state index in [-0.39, 0.29) is 11.9 Å². The minimum atomic E-state index is -0.0226. The normalized spacial score (nSPS) is 12.0. The van der Waals surface area contributed by atoms with E-state index < -0.39 is 0 Å². The molecule has 0 saturated carbocycles. The van der Waals surface area contributed by atoms with E-state index in [4.69, 9.17) is 0 Å². The number of aromatic nitrogens is 2. The highest BCUT2D eigenvalue weighted by Crippen LogP contribution is 2.36. The number of amides is 1. The van der Waals surface area contributed by atoms with Gasteiger partial charge in [0.2, 0.25) is 5.91 Å². The zero-order valence-corrected chi connectivity index (χ0v) is 17.0. The molecule has 1 amide bonds. The molecule has 4 aromatic rings. The Balaban J connectivity index is 1.46. The molecule has 140 valence electrons. The SMILES string of the molecule is CC(NC(=O)CSc1ncnc2sc(-c3ccccc3)cc12)c1ccccc1. The maximum atomic E-state index is 12.4. The second kappa shape index (κ2) is 8.54. The molecule has 0 aliphatic carbocycles. The van der Waals surface area contributed by atoms with Crippen LogP contribution in [0.5, 0.6) is 0 Å². The molecule has 0 fully saturated rings. The smallest absolute Gasteiger partial charge is 0.230 e. The van der Waals surface area contributed by atoms with E-state index in [1.54, 1.807) is 17.7 Å². The van der Waals surface area contributed by atoms with Crippen molar-refractivity contribution in [3.8, 4) is 10.4 Å². The molecule has 6 heteroatoms. The lowest BCUT2D eigenvalue weighted by Gasteiger charge is -2.14. The molecule has 0 saturated heterocycles. The van der Waals surface area contributed by atoms with Gasteiger partial charge in [-0.3, -0.25) is 4.79 Å². The van der Waals surface area contributed by atoms with Crippen molar-refractivity contribution in [2.45, 2.75) is 18.0 Å². The fraction of sp³-hybridized carbons (Fsp3) is 0.136. The molecule has 0 radical (unpaired) electrons. The Hall–Kier alpha value is -2.70. The van der Waals surface area contributed by atoms with Crippen molar-refractivity contribution in [1.29, 1.82) is 0 Å². The van der Waals surface area contributed by atoms with Gasteiger partial charge in [-0.25, -0.2) is 9.97 Å². The van der Waals surface area contributed by atoms with Crippen LogP contribution in [0.1, 0.15) is 18.5 Å². The van der Waals surface area contributed by atoms with Crippen LogP contribution in [0.3, 0.4) is 0 Å². The molecule has 4 rings (SSSR count). The summed E-state index contributed by atoms with van der Waals surface area (Å²) in [5.74, 6) is 0.311. The average Bonchev–Trinajstić information content (AvgIpc) is 3.18. The summed E-state index contributed by atoms with van der Waals surface area (Å²) in [4.78, 5) is 23.3. The third-order valence-electron chi connectivity index (χ3n) is 4.37. The minimum Gasteiger partial charge on any atom is -0.349 e. The lowest BCUT2D eigenvalue weighted by Crippen LogP contribution is -2.28. The first-order valence-electron chi connectivity index (χ1n) is 8.98. The molecular weight excluding hydrogens is 386 g/mol. The lowest BCUT2D eigenvalue weighted by molar-refractivity contribution is -0.119. The first-order chi connectivity index (χ1) is 13.7. The minimum absolute atomic E-state index is 0.00775. The van der Waals surface area contributed by atoms with Crippen LogP contribution in [0, 0.1) is 0 Å². The van der Waals surface area contributed by atoms with Gasteiger partial charge in [0.15, 0.2) is 0 Å². The third-order valence-corrected chi connectivity index (χ3v) is 6.47. The van der Waals surface area contributed by atoms with Crippen molar-refractivity contribution < 1.29 is 4.79 Å². The van der Waals surface area contributed by atoms with Crippen LogP contribution in [0.25, 0.3) is 20.7 Å². The second-order valence-corrected chi connectivity index (χ2v) is 8.36. The molecule has 28 heavy (non-hydrogen) atoms. The zero-order valence-electron chi connectivity index (χ0n) is 15.3. The van der Waals surface area contributed by atoms with Gasteiger partial charge in [0.25, 0.3) is 0 Å². The summed E-state index contributed by atoms with van der Waals surface area (Å²) < 4.78 is 0. The third kappa shape index (κ3) is 4.24. The summed E-state index contributed by atoms with van der Waals surface area (Å²) in [5, 5.41) is 4.88. The summed E-state index contributed by atoms with van der Waals surface area (Å²) >= 11 is 3.09. The Bertz CT molecular complexity index is 1080. The van der Waals surface area contributed by atoms with Crippen LogP contribution in [0.4, 0.5) is 0 Å². The first kappa shape index (κ1) is 18.7.